The van der Waals surface area contributed by atoms with Gasteiger partial charge in [0.2, 0.25) is 21.7 Å². The van der Waals surface area contributed by atoms with Crippen molar-refractivity contribution >= 4 is 33.8 Å². The second-order valence-corrected chi connectivity index (χ2v) is 13.1. The van der Waals surface area contributed by atoms with Crippen LogP contribution in [0.1, 0.15) is 43.0 Å². The standard InChI is InChI=1S/C31H41N3O13S.2Na/c1-18(35)33-24-25(34-48(2,44)45)28(40)31(30(42)43,46-16-8-4-7-11-23(37)38)47-27(24)26(39)22(36)17-32-29(41)21-14-12-20(13-15-21)19-9-5-3-6-10-19;;/h3,5-6,9-10,12-15,22,24-28,34,36,39-40H,4,7-8,11,16-17H2,1-2H3,(H,32,41)(H,33,35)(H,37,38)(H,42,43);;/q;2*+1/p-2/t22-,24-,25-,26-,27-,28+,31-;;/m1../s1. The van der Waals surface area contributed by atoms with Crippen LogP contribution in [-0.4, -0.2) is 109 Å². The van der Waals surface area contributed by atoms with E-state index in [1.807, 2.05) is 35.1 Å². The van der Waals surface area contributed by atoms with Gasteiger partial charge in [0.15, 0.2) is 0 Å². The third-order valence-electron chi connectivity index (χ3n) is 7.58. The molecule has 264 valence electrons. The molecule has 16 nitrogen and oxygen atoms in total. The minimum absolute atomic E-state index is 0. The number of nitrogens with one attached hydrogen (secondary N) is 3. The van der Waals surface area contributed by atoms with Crippen LogP contribution < -0.4 is 84.7 Å². The van der Waals surface area contributed by atoms with E-state index in [9.17, 15) is 53.1 Å². The third-order valence-corrected chi connectivity index (χ3v) is 8.28. The number of aliphatic hydroxyl groups is 3. The van der Waals surface area contributed by atoms with E-state index in [2.05, 4.69) is 10.6 Å². The van der Waals surface area contributed by atoms with Crippen molar-refractivity contribution in [2.75, 3.05) is 19.4 Å². The number of ether oxygens (including phenoxy) is 2. The first-order valence-electron chi connectivity index (χ1n) is 15.0. The zero-order chi connectivity index (χ0) is 35.6. The van der Waals surface area contributed by atoms with E-state index in [-0.39, 0.29) is 90.4 Å². The first-order chi connectivity index (χ1) is 22.6. The maximum absolute atomic E-state index is 12.8. The molecule has 1 aliphatic heterocycles. The number of carboxylic acids is 2. The van der Waals surface area contributed by atoms with Gasteiger partial charge in [-0.3, -0.25) is 9.59 Å². The first kappa shape index (κ1) is 46.1. The second kappa shape index (κ2) is 20.9. The largest absolute Gasteiger partial charge is 1.00 e. The van der Waals surface area contributed by atoms with Crippen molar-refractivity contribution in [1.82, 2.24) is 15.4 Å². The number of carbonyl (C=O) groups excluding carboxylic acids is 4. The van der Waals surface area contributed by atoms with Gasteiger partial charge in [-0.05, 0) is 42.5 Å². The Bertz CT molecular complexity index is 1540. The Kier molecular flexibility index (Phi) is 19.3. The van der Waals surface area contributed by atoms with Gasteiger partial charge >= 0.3 is 59.1 Å². The van der Waals surface area contributed by atoms with E-state index in [1.165, 1.54) is 0 Å². The van der Waals surface area contributed by atoms with E-state index in [0.29, 0.717) is 6.26 Å². The average molecular weight is 740 g/mol. The number of carbonyl (C=O) groups is 4. The van der Waals surface area contributed by atoms with Crippen LogP contribution in [0.15, 0.2) is 54.6 Å². The smallest absolute Gasteiger partial charge is 0.550 e. The molecule has 0 unspecified atom stereocenters. The fraction of sp³-hybridized carbons (Fsp3) is 0.484. The molecule has 19 heteroatoms. The van der Waals surface area contributed by atoms with Crippen molar-refractivity contribution in [3.63, 3.8) is 0 Å². The predicted molar refractivity (Wildman–Crippen MR) is 164 cm³/mol. The van der Waals surface area contributed by atoms with Gasteiger partial charge in [-0.25, -0.2) is 13.1 Å². The number of aliphatic hydroxyl groups excluding tert-OH is 3. The fourth-order valence-corrected chi connectivity index (χ4v) is 6.03. The van der Waals surface area contributed by atoms with Crippen molar-refractivity contribution in [3.05, 3.63) is 60.2 Å². The summed E-state index contributed by atoms with van der Waals surface area (Å²) < 4.78 is 37.6. The monoisotopic (exact) mass is 739 g/mol. The van der Waals surface area contributed by atoms with Crippen molar-refractivity contribution in [2.45, 2.75) is 74.9 Å². The average Bonchev–Trinajstić information content (AvgIpc) is 3.03. The van der Waals surface area contributed by atoms with Gasteiger partial charge in [-0.2, -0.15) is 0 Å². The Balaban J connectivity index is 0.00000625. The summed E-state index contributed by atoms with van der Waals surface area (Å²) in [7, 11) is -4.23. The molecule has 7 atom stereocenters. The summed E-state index contributed by atoms with van der Waals surface area (Å²) in [6.45, 7) is -0.0484. The number of amides is 2. The third kappa shape index (κ3) is 12.9. The topological polar surface area (TPSA) is 264 Å². The quantitative estimate of drug-likeness (QED) is 0.0651. The van der Waals surface area contributed by atoms with Crippen LogP contribution in [0.3, 0.4) is 0 Å². The van der Waals surface area contributed by atoms with Crippen LogP contribution in [-0.2, 0) is 33.9 Å². The minimum Gasteiger partial charge on any atom is -0.550 e. The summed E-state index contributed by atoms with van der Waals surface area (Å²) in [4.78, 5) is 48.1. The van der Waals surface area contributed by atoms with E-state index in [1.54, 1.807) is 24.3 Å². The Morgan fingerprint density at radius 2 is 1.54 bits per heavy atom. The Hall–Kier alpha value is -1.97. The molecule has 2 aromatic rings. The van der Waals surface area contributed by atoms with E-state index in [0.717, 1.165) is 18.1 Å². The summed E-state index contributed by atoms with van der Waals surface area (Å²) in [6, 6.07) is 12.3. The van der Waals surface area contributed by atoms with E-state index in [4.69, 9.17) is 9.47 Å². The van der Waals surface area contributed by atoms with Crippen molar-refractivity contribution < 1.29 is 122 Å². The van der Waals surface area contributed by atoms with Gasteiger partial charge in [-0.15, -0.1) is 0 Å². The number of benzene rings is 2. The maximum Gasteiger partial charge on any atom is 1.00 e. The molecule has 1 aliphatic rings. The predicted octanol–water partition coefficient (Wildman–Crippen LogP) is -9.23. The summed E-state index contributed by atoms with van der Waals surface area (Å²) in [5.41, 5.74) is 1.98. The van der Waals surface area contributed by atoms with Crippen molar-refractivity contribution in [2.24, 2.45) is 0 Å². The first-order valence-corrected chi connectivity index (χ1v) is 16.9. The summed E-state index contributed by atoms with van der Waals surface area (Å²) in [5, 5.41) is 61.2. The molecule has 0 aromatic heterocycles. The zero-order valence-corrected chi connectivity index (χ0v) is 33.1. The van der Waals surface area contributed by atoms with Crippen LogP contribution in [0, 0.1) is 0 Å². The van der Waals surface area contributed by atoms with Gasteiger partial charge in [0, 0.05) is 25.0 Å². The molecule has 0 saturated carbocycles. The van der Waals surface area contributed by atoms with Crippen LogP contribution in [0.2, 0.25) is 0 Å². The molecule has 1 heterocycles. The molecule has 1 fully saturated rings. The van der Waals surface area contributed by atoms with Crippen LogP contribution in [0.5, 0.6) is 0 Å². The van der Waals surface area contributed by atoms with Gasteiger partial charge in [-0.1, -0.05) is 48.9 Å². The van der Waals surface area contributed by atoms with Crippen molar-refractivity contribution in [1.29, 1.82) is 0 Å². The van der Waals surface area contributed by atoms with Crippen LogP contribution >= 0.6 is 0 Å². The second-order valence-electron chi connectivity index (χ2n) is 11.4. The number of carboxylic acid groups (broad SMARTS) is 2. The van der Waals surface area contributed by atoms with Gasteiger partial charge in [0.25, 0.3) is 5.91 Å². The molecule has 0 aliphatic carbocycles. The summed E-state index contributed by atoms with van der Waals surface area (Å²) >= 11 is 0. The SMILES string of the molecule is CC(=O)N[C@@H]1[C@@H](NS(C)(=O)=O)[C@H](O)[C@](OCCCCCC(=O)[O-])(C(=O)[O-])O[C@H]1[C@H](O)[C@H](O)CNC(=O)c1ccc(-c2ccccc2)cc1.[Na+].[Na+]. The number of sulfonamides is 1. The molecule has 50 heavy (non-hydrogen) atoms. The normalized spacial score (nSPS) is 22.9. The molecule has 1 saturated heterocycles. The zero-order valence-electron chi connectivity index (χ0n) is 28.2. The number of rotatable bonds is 17. The molecular formula is C31H39N3Na2O13S. The fourth-order valence-electron chi connectivity index (χ4n) is 5.26. The van der Waals surface area contributed by atoms with Gasteiger partial charge in [0.05, 0.1) is 31.1 Å². The Morgan fingerprint density at radius 3 is 2.08 bits per heavy atom. The molecule has 3 rings (SSSR count). The minimum atomic E-state index is -4.23. The maximum atomic E-state index is 12.8. The molecule has 0 spiro atoms. The van der Waals surface area contributed by atoms with Crippen LogP contribution in [0.25, 0.3) is 11.1 Å². The van der Waals surface area contributed by atoms with Gasteiger partial charge in [0.1, 0.15) is 24.3 Å². The summed E-state index contributed by atoms with van der Waals surface area (Å²) in [5.74, 6) is -8.04. The van der Waals surface area contributed by atoms with Crippen molar-refractivity contribution in [3.8, 4) is 11.1 Å². The summed E-state index contributed by atoms with van der Waals surface area (Å²) in [6.07, 6.45) is -7.49. The van der Waals surface area contributed by atoms with E-state index >= 15 is 0 Å². The number of unbranched alkanes of at least 4 members (excludes halogenated alkanes) is 2. The molecule has 2 aromatic carbocycles. The molecule has 2 amide bonds. The molecule has 0 bridgehead atoms. The van der Waals surface area contributed by atoms with E-state index < -0.39 is 89.2 Å². The number of hydrogen-bond donors (Lipinski definition) is 6. The van der Waals surface area contributed by atoms with Gasteiger partial charge < -0.3 is 55.2 Å². The molecule has 6 N–H and O–H groups in total. The number of hydrogen-bond acceptors (Lipinski definition) is 13. The Labute approximate surface area is 333 Å². The molecule has 0 radical (unpaired) electrons. The molecular weight excluding hydrogens is 700 g/mol. The Morgan fingerprint density at radius 1 is 0.940 bits per heavy atom. The number of aliphatic carboxylic acids is 2. The van der Waals surface area contributed by atoms with Crippen LogP contribution in [0.4, 0.5) is 0 Å².